The van der Waals surface area contributed by atoms with Gasteiger partial charge in [0.25, 0.3) is 0 Å². The maximum absolute atomic E-state index is 13.1. The molecule has 2 aliphatic rings. The summed E-state index contributed by atoms with van der Waals surface area (Å²) in [5.74, 6) is 2.33. The molecule has 31 heavy (non-hydrogen) atoms. The van der Waals surface area contributed by atoms with Crippen molar-refractivity contribution in [1.82, 2.24) is 14.5 Å². The van der Waals surface area contributed by atoms with Crippen LogP contribution in [0.2, 0.25) is 0 Å². The molecule has 10 heteroatoms. The van der Waals surface area contributed by atoms with E-state index in [2.05, 4.69) is 20.0 Å². The summed E-state index contributed by atoms with van der Waals surface area (Å²) in [5, 5.41) is 8.73. The van der Waals surface area contributed by atoms with Gasteiger partial charge in [-0.1, -0.05) is 0 Å². The van der Waals surface area contributed by atoms with Crippen LogP contribution in [0.25, 0.3) is 0 Å². The Kier molecular flexibility index (Phi) is 6.59. The lowest BCUT2D eigenvalue weighted by atomic mass is 10.2. The van der Waals surface area contributed by atoms with Crippen molar-refractivity contribution in [2.24, 2.45) is 0 Å². The highest BCUT2D eigenvalue weighted by Gasteiger charge is 2.29. The van der Waals surface area contributed by atoms with Crippen molar-refractivity contribution >= 4 is 21.7 Å². The monoisotopic (exact) mass is 447 g/mol. The van der Waals surface area contributed by atoms with Gasteiger partial charge in [-0.05, 0) is 49.7 Å². The molecule has 0 atom stereocenters. The summed E-state index contributed by atoms with van der Waals surface area (Å²) in [6.07, 6.45) is 0. The summed E-state index contributed by atoms with van der Waals surface area (Å²) in [4.78, 5) is 4.53. The van der Waals surface area contributed by atoms with Gasteiger partial charge in [0.15, 0.2) is 11.6 Å². The largest absolute Gasteiger partial charge is 0.494 e. The fourth-order valence-corrected chi connectivity index (χ4v) is 5.36. The van der Waals surface area contributed by atoms with Crippen LogP contribution in [0.3, 0.4) is 0 Å². The lowest BCUT2D eigenvalue weighted by Crippen LogP contribution is -2.49. The molecule has 0 amide bonds. The van der Waals surface area contributed by atoms with Crippen LogP contribution >= 0.6 is 0 Å². The standard InChI is InChI=1S/C21H29N5O4S/c1-3-30-19-5-4-18(16-17(19)2)31(27,28)26-10-8-24(9-11-26)20-6-7-21(23-22-20)25-12-14-29-15-13-25/h4-7,16H,3,8-15H2,1-2H3. The molecule has 1 aromatic heterocycles. The van der Waals surface area contributed by atoms with Crippen molar-refractivity contribution in [3.05, 3.63) is 35.9 Å². The summed E-state index contributed by atoms with van der Waals surface area (Å²) in [6.45, 7) is 9.30. The van der Waals surface area contributed by atoms with Crippen LogP contribution in [0, 0.1) is 6.92 Å². The minimum atomic E-state index is -3.55. The van der Waals surface area contributed by atoms with E-state index in [1.807, 2.05) is 26.0 Å². The molecule has 0 saturated carbocycles. The van der Waals surface area contributed by atoms with Crippen molar-refractivity contribution in [2.75, 3.05) is 68.9 Å². The van der Waals surface area contributed by atoms with Gasteiger partial charge in [-0.25, -0.2) is 8.42 Å². The zero-order valence-corrected chi connectivity index (χ0v) is 18.8. The molecular weight excluding hydrogens is 418 g/mol. The Morgan fingerprint density at radius 3 is 2.10 bits per heavy atom. The van der Waals surface area contributed by atoms with E-state index in [0.717, 1.165) is 30.3 Å². The van der Waals surface area contributed by atoms with Crippen molar-refractivity contribution < 1.29 is 17.9 Å². The van der Waals surface area contributed by atoms with E-state index in [4.69, 9.17) is 9.47 Å². The van der Waals surface area contributed by atoms with Crippen molar-refractivity contribution in [3.8, 4) is 5.75 Å². The highest BCUT2D eigenvalue weighted by Crippen LogP contribution is 2.25. The molecule has 2 fully saturated rings. The normalized spacial score (nSPS) is 18.3. The number of aromatic nitrogens is 2. The number of rotatable bonds is 6. The first-order chi connectivity index (χ1) is 15.0. The molecule has 0 bridgehead atoms. The third-order valence-corrected chi connectivity index (χ3v) is 7.51. The van der Waals surface area contributed by atoms with Crippen LogP contribution in [0.4, 0.5) is 11.6 Å². The van der Waals surface area contributed by atoms with Crippen LogP contribution in [-0.2, 0) is 14.8 Å². The fraction of sp³-hybridized carbons (Fsp3) is 0.524. The van der Waals surface area contributed by atoms with Gasteiger partial charge in [-0.3, -0.25) is 0 Å². The lowest BCUT2D eigenvalue weighted by Gasteiger charge is -2.34. The number of hydrogen-bond acceptors (Lipinski definition) is 8. The van der Waals surface area contributed by atoms with E-state index in [1.54, 1.807) is 18.2 Å². The summed E-state index contributed by atoms with van der Waals surface area (Å²) in [6, 6.07) is 8.96. The molecule has 3 heterocycles. The van der Waals surface area contributed by atoms with Crippen LogP contribution in [0.15, 0.2) is 35.2 Å². The number of benzene rings is 1. The van der Waals surface area contributed by atoms with E-state index in [-0.39, 0.29) is 0 Å². The van der Waals surface area contributed by atoms with Gasteiger partial charge in [0.1, 0.15) is 5.75 Å². The molecule has 2 aliphatic heterocycles. The first kappa shape index (κ1) is 21.8. The predicted molar refractivity (Wildman–Crippen MR) is 118 cm³/mol. The summed E-state index contributed by atoms with van der Waals surface area (Å²) in [7, 11) is -3.55. The van der Waals surface area contributed by atoms with Crippen LogP contribution in [-0.4, -0.2) is 82.0 Å². The molecular formula is C21H29N5O4S. The zero-order chi connectivity index (χ0) is 21.8. The molecule has 168 valence electrons. The summed E-state index contributed by atoms with van der Waals surface area (Å²) >= 11 is 0. The number of piperazine rings is 1. The van der Waals surface area contributed by atoms with E-state index >= 15 is 0 Å². The van der Waals surface area contributed by atoms with E-state index < -0.39 is 10.0 Å². The number of morpholine rings is 1. The number of nitrogens with zero attached hydrogens (tertiary/aromatic N) is 5. The summed E-state index contributed by atoms with van der Waals surface area (Å²) < 4.78 is 38.6. The highest BCUT2D eigenvalue weighted by atomic mass is 32.2. The van der Waals surface area contributed by atoms with E-state index in [9.17, 15) is 8.42 Å². The molecule has 4 rings (SSSR count). The van der Waals surface area contributed by atoms with Gasteiger partial charge in [0.2, 0.25) is 10.0 Å². The highest BCUT2D eigenvalue weighted by molar-refractivity contribution is 7.89. The minimum absolute atomic E-state index is 0.302. The molecule has 0 aliphatic carbocycles. The third kappa shape index (κ3) is 4.76. The Bertz CT molecular complexity index is 985. The molecule has 0 radical (unpaired) electrons. The van der Waals surface area contributed by atoms with Gasteiger partial charge in [0, 0.05) is 39.3 Å². The number of ether oxygens (including phenoxy) is 2. The molecule has 2 saturated heterocycles. The topological polar surface area (TPSA) is 88.1 Å². The number of sulfonamides is 1. The van der Waals surface area contributed by atoms with Crippen molar-refractivity contribution in [2.45, 2.75) is 18.7 Å². The Morgan fingerprint density at radius 1 is 0.935 bits per heavy atom. The number of aryl methyl sites for hydroxylation is 1. The first-order valence-corrected chi connectivity index (χ1v) is 12.1. The average molecular weight is 448 g/mol. The molecule has 0 unspecified atom stereocenters. The van der Waals surface area contributed by atoms with Gasteiger partial charge < -0.3 is 19.3 Å². The van der Waals surface area contributed by atoms with Gasteiger partial charge in [-0.15, -0.1) is 10.2 Å². The summed E-state index contributed by atoms with van der Waals surface area (Å²) in [5.41, 5.74) is 0.817. The maximum atomic E-state index is 13.1. The SMILES string of the molecule is CCOc1ccc(S(=O)(=O)N2CCN(c3ccc(N4CCOCC4)nn3)CC2)cc1C. The van der Waals surface area contributed by atoms with Gasteiger partial charge in [0.05, 0.1) is 24.7 Å². The van der Waals surface area contributed by atoms with Crippen molar-refractivity contribution in [3.63, 3.8) is 0 Å². The van der Waals surface area contributed by atoms with Crippen LogP contribution in [0.1, 0.15) is 12.5 Å². The fourth-order valence-electron chi connectivity index (χ4n) is 3.85. The zero-order valence-electron chi connectivity index (χ0n) is 18.0. The molecule has 0 N–H and O–H groups in total. The first-order valence-electron chi connectivity index (χ1n) is 10.6. The smallest absolute Gasteiger partial charge is 0.243 e. The second kappa shape index (κ2) is 9.37. The Morgan fingerprint density at radius 2 is 1.55 bits per heavy atom. The van der Waals surface area contributed by atoms with Crippen molar-refractivity contribution in [1.29, 1.82) is 0 Å². The maximum Gasteiger partial charge on any atom is 0.243 e. The van der Waals surface area contributed by atoms with E-state index in [1.165, 1.54) is 4.31 Å². The lowest BCUT2D eigenvalue weighted by molar-refractivity contribution is 0.122. The van der Waals surface area contributed by atoms with Gasteiger partial charge >= 0.3 is 0 Å². The molecule has 0 spiro atoms. The minimum Gasteiger partial charge on any atom is -0.494 e. The van der Waals surface area contributed by atoms with Gasteiger partial charge in [-0.2, -0.15) is 4.31 Å². The molecule has 9 nitrogen and oxygen atoms in total. The Balaban J connectivity index is 1.39. The Labute approximate surface area is 183 Å². The van der Waals surface area contributed by atoms with E-state index in [0.29, 0.717) is 56.6 Å². The number of hydrogen-bond donors (Lipinski definition) is 0. The van der Waals surface area contributed by atoms with Crippen LogP contribution < -0.4 is 14.5 Å². The second-order valence-corrected chi connectivity index (χ2v) is 9.54. The molecule has 1 aromatic carbocycles. The van der Waals surface area contributed by atoms with Crippen LogP contribution in [0.5, 0.6) is 5.75 Å². The quantitative estimate of drug-likeness (QED) is 0.659. The predicted octanol–water partition coefficient (Wildman–Crippen LogP) is 1.53. The molecule has 2 aromatic rings. The third-order valence-electron chi connectivity index (χ3n) is 5.62. The average Bonchev–Trinajstić information content (AvgIpc) is 2.81. The second-order valence-electron chi connectivity index (χ2n) is 7.60. The Hall–Kier alpha value is -2.43. The number of anilines is 2.